The van der Waals surface area contributed by atoms with Gasteiger partial charge in [-0.25, -0.2) is 0 Å². The Labute approximate surface area is 77.5 Å². The molecular weight excluding hydrogens is 172 g/mol. The van der Waals surface area contributed by atoms with E-state index in [-0.39, 0.29) is 0 Å². The second kappa shape index (κ2) is 6.22. The molecule has 0 aromatic carbocycles. The lowest BCUT2D eigenvalue weighted by molar-refractivity contribution is -0.176. The molecule has 74 valence electrons. The van der Waals surface area contributed by atoms with Gasteiger partial charge < -0.3 is 9.47 Å². The van der Waals surface area contributed by atoms with Crippen molar-refractivity contribution in [1.82, 2.24) is 0 Å². The minimum absolute atomic E-state index is 0.480. The molecule has 0 aromatic rings. The van der Waals surface area contributed by atoms with Crippen LogP contribution in [0.4, 0.5) is 0 Å². The van der Waals surface area contributed by atoms with E-state index in [0.717, 1.165) is 6.42 Å². The Morgan fingerprint density at radius 1 is 1.23 bits per heavy atom. The van der Waals surface area contributed by atoms with Gasteiger partial charge in [0.25, 0.3) is 6.29 Å². The molecule has 0 N–H and O–H groups in total. The fourth-order valence-electron chi connectivity index (χ4n) is 0.677. The number of carbonyl (C=O) groups is 2. The molecule has 0 amide bonds. The molecule has 0 atom stereocenters. The maximum atomic E-state index is 10.6. The highest BCUT2D eigenvalue weighted by Gasteiger charge is 2.10. The van der Waals surface area contributed by atoms with Gasteiger partial charge >= 0.3 is 11.9 Å². The van der Waals surface area contributed by atoms with Crippen molar-refractivity contribution in [3.8, 4) is 0 Å². The molecule has 4 heteroatoms. The van der Waals surface area contributed by atoms with Gasteiger partial charge in [-0.15, -0.1) is 0 Å². The zero-order chi connectivity index (χ0) is 10.3. The fourth-order valence-corrected chi connectivity index (χ4v) is 0.677. The molecule has 13 heavy (non-hydrogen) atoms. The van der Waals surface area contributed by atoms with Crippen LogP contribution in [0.1, 0.15) is 27.2 Å². The lowest BCUT2D eigenvalue weighted by atomic mass is 10.4. The van der Waals surface area contributed by atoms with Crippen molar-refractivity contribution in [3.63, 3.8) is 0 Å². The standard InChI is InChI=1S/C9H14O4/c1-4-5-6-9(12-7(2)10)13-8(3)11/h5-6,9H,4H2,1-3H3. The van der Waals surface area contributed by atoms with Crippen LogP contribution in [0, 0.1) is 0 Å². The summed E-state index contributed by atoms with van der Waals surface area (Å²) in [6.07, 6.45) is 3.19. The number of esters is 2. The smallest absolute Gasteiger partial charge is 0.305 e. The molecule has 0 spiro atoms. The first-order chi connectivity index (χ1) is 6.06. The van der Waals surface area contributed by atoms with Crippen LogP contribution in [0.3, 0.4) is 0 Å². The minimum Gasteiger partial charge on any atom is -0.421 e. The highest BCUT2D eigenvalue weighted by atomic mass is 16.7. The van der Waals surface area contributed by atoms with Gasteiger partial charge in [-0.05, 0) is 12.5 Å². The summed E-state index contributed by atoms with van der Waals surface area (Å²) in [5.41, 5.74) is 0. The number of carbonyl (C=O) groups excluding carboxylic acids is 2. The molecule has 4 nitrogen and oxygen atoms in total. The second-order valence-electron chi connectivity index (χ2n) is 2.42. The summed E-state index contributed by atoms with van der Waals surface area (Å²) >= 11 is 0. The molecule has 0 aliphatic rings. The summed E-state index contributed by atoms with van der Waals surface area (Å²) in [7, 11) is 0. The molecule has 0 radical (unpaired) electrons. The zero-order valence-corrected chi connectivity index (χ0v) is 8.07. The molecule has 0 aliphatic carbocycles. The van der Waals surface area contributed by atoms with E-state index in [1.165, 1.54) is 19.9 Å². The predicted octanol–water partition coefficient (Wildman–Crippen LogP) is 1.40. The summed E-state index contributed by atoms with van der Waals surface area (Å²) in [6, 6.07) is 0. The summed E-state index contributed by atoms with van der Waals surface area (Å²) in [5.74, 6) is -0.959. The van der Waals surface area contributed by atoms with Gasteiger partial charge in [-0.1, -0.05) is 13.0 Å². The van der Waals surface area contributed by atoms with Crippen molar-refractivity contribution in [1.29, 1.82) is 0 Å². The van der Waals surface area contributed by atoms with E-state index in [0.29, 0.717) is 0 Å². The van der Waals surface area contributed by atoms with Gasteiger partial charge in [0.2, 0.25) is 0 Å². The van der Waals surface area contributed by atoms with Crippen molar-refractivity contribution < 1.29 is 19.1 Å². The van der Waals surface area contributed by atoms with E-state index in [4.69, 9.17) is 9.47 Å². The maximum absolute atomic E-state index is 10.6. The van der Waals surface area contributed by atoms with E-state index in [1.54, 1.807) is 6.08 Å². The average molecular weight is 186 g/mol. The lowest BCUT2D eigenvalue weighted by Gasteiger charge is -2.12. The van der Waals surface area contributed by atoms with Gasteiger partial charge in [0.1, 0.15) is 0 Å². The van der Waals surface area contributed by atoms with E-state index in [2.05, 4.69) is 0 Å². The number of hydrogen-bond donors (Lipinski definition) is 0. The average Bonchev–Trinajstić information content (AvgIpc) is 1.98. The van der Waals surface area contributed by atoms with Crippen LogP contribution >= 0.6 is 0 Å². The highest BCUT2D eigenvalue weighted by Crippen LogP contribution is 1.99. The van der Waals surface area contributed by atoms with Crippen LogP contribution in [-0.2, 0) is 19.1 Å². The Morgan fingerprint density at radius 2 is 1.69 bits per heavy atom. The van der Waals surface area contributed by atoms with Crippen molar-refractivity contribution in [3.05, 3.63) is 12.2 Å². The number of rotatable bonds is 4. The van der Waals surface area contributed by atoms with Crippen LogP contribution in [0.25, 0.3) is 0 Å². The lowest BCUT2D eigenvalue weighted by Crippen LogP contribution is -2.19. The molecule has 0 unspecified atom stereocenters. The van der Waals surface area contributed by atoms with Crippen LogP contribution in [0.15, 0.2) is 12.2 Å². The van der Waals surface area contributed by atoms with E-state index in [9.17, 15) is 9.59 Å². The van der Waals surface area contributed by atoms with Crippen molar-refractivity contribution in [2.24, 2.45) is 0 Å². The van der Waals surface area contributed by atoms with Gasteiger partial charge in [0.05, 0.1) is 0 Å². The topological polar surface area (TPSA) is 52.6 Å². The Balaban J connectivity index is 4.10. The molecule has 0 heterocycles. The summed E-state index contributed by atoms with van der Waals surface area (Å²) in [4.78, 5) is 21.1. The number of hydrogen-bond acceptors (Lipinski definition) is 4. The molecule has 0 saturated heterocycles. The predicted molar refractivity (Wildman–Crippen MR) is 46.8 cm³/mol. The molecule has 0 aliphatic heterocycles. The van der Waals surface area contributed by atoms with Crippen molar-refractivity contribution >= 4 is 11.9 Å². The molecular formula is C9H14O4. The van der Waals surface area contributed by atoms with Crippen molar-refractivity contribution in [2.75, 3.05) is 0 Å². The van der Waals surface area contributed by atoms with Crippen LogP contribution in [0.2, 0.25) is 0 Å². The summed E-state index contributed by atoms with van der Waals surface area (Å²) in [6.45, 7) is 4.45. The third-order valence-electron chi connectivity index (χ3n) is 1.09. The van der Waals surface area contributed by atoms with E-state index < -0.39 is 18.2 Å². The Kier molecular flexibility index (Phi) is 5.59. The highest BCUT2D eigenvalue weighted by molar-refractivity contribution is 5.68. The Hall–Kier alpha value is -1.32. The molecule has 0 bridgehead atoms. The maximum Gasteiger partial charge on any atom is 0.305 e. The minimum atomic E-state index is -0.894. The SMILES string of the molecule is CCC=CC(OC(C)=O)OC(C)=O. The first-order valence-corrected chi connectivity index (χ1v) is 4.07. The number of ether oxygens (including phenoxy) is 2. The normalized spacial score (nSPS) is 10.5. The van der Waals surface area contributed by atoms with Gasteiger partial charge in [0.15, 0.2) is 0 Å². The fraction of sp³-hybridized carbons (Fsp3) is 0.556. The van der Waals surface area contributed by atoms with E-state index in [1.807, 2.05) is 6.92 Å². The molecule has 0 aromatic heterocycles. The third kappa shape index (κ3) is 7.05. The van der Waals surface area contributed by atoms with Crippen LogP contribution in [-0.4, -0.2) is 18.2 Å². The Morgan fingerprint density at radius 3 is 2.00 bits per heavy atom. The first kappa shape index (κ1) is 11.7. The van der Waals surface area contributed by atoms with Crippen LogP contribution < -0.4 is 0 Å². The van der Waals surface area contributed by atoms with Gasteiger partial charge in [-0.2, -0.15) is 0 Å². The Bertz CT molecular complexity index is 192. The monoisotopic (exact) mass is 186 g/mol. The second-order valence-corrected chi connectivity index (χ2v) is 2.42. The zero-order valence-electron chi connectivity index (χ0n) is 8.07. The van der Waals surface area contributed by atoms with Crippen molar-refractivity contribution in [2.45, 2.75) is 33.5 Å². The van der Waals surface area contributed by atoms with E-state index >= 15 is 0 Å². The summed E-state index contributed by atoms with van der Waals surface area (Å²) < 4.78 is 9.39. The largest absolute Gasteiger partial charge is 0.421 e. The molecule has 0 saturated carbocycles. The van der Waals surface area contributed by atoms with Crippen LogP contribution in [0.5, 0.6) is 0 Å². The van der Waals surface area contributed by atoms with Gasteiger partial charge in [0, 0.05) is 13.8 Å². The molecule has 0 rings (SSSR count). The number of allylic oxidation sites excluding steroid dienone is 1. The summed E-state index contributed by atoms with van der Waals surface area (Å²) in [5, 5.41) is 0. The third-order valence-corrected chi connectivity index (χ3v) is 1.09. The first-order valence-electron chi connectivity index (χ1n) is 4.07. The molecule has 0 fully saturated rings. The quantitative estimate of drug-likeness (QED) is 0.378. The van der Waals surface area contributed by atoms with Gasteiger partial charge in [-0.3, -0.25) is 9.59 Å².